The number of aliphatic imine (C=N–C) groups is 1. The maximum absolute atomic E-state index is 12.5. The molecule has 0 saturated carbocycles. The standard InChI is InChI=1S/C29H33NO5/c1-3-5-6-7-8-18-34-25-15-12-22(13-16-25)29(32)35-27-17-14-23(28(31)20-27)21-30-24-10-9-11-26(19-24)33-4-2/h9-17,19-21,31H,3-8,18H2,1-2H3. The molecular weight excluding hydrogens is 442 g/mol. The molecule has 3 rings (SSSR count). The summed E-state index contributed by atoms with van der Waals surface area (Å²) in [6, 6.07) is 18.9. The van der Waals surface area contributed by atoms with Crippen molar-refractivity contribution in [3.05, 3.63) is 77.9 Å². The number of carbonyl (C=O) groups excluding carboxylic acids is 1. The zero-order chi connectivity index (χ0) is 24.9. The molecule has 3 aromatic rings. The molecule has 0 atom stereocenters. The minimum absolute atomic E-state index is 0.0392. The van der Waals surface area contributed by atoms with Gasteiger partial charge in [-0.3, -0.25) is 4.99 Å². The number of esters is 1. The van der Waals surface area contributed by atoms with Crippen LogP contribution in [-0.2, 0) is 0 Å². The molecule has 0 aliphatic heterocycles. The number of unbranched alkanes of at least 4 members (excludes halogenated alkanes) is 4. The molecule has 0 amide bonds. The Kier molecular flexibility index (Phi) is 10.2. The monoisotopic (exact) mass is 475 g/mol. The lowest BCUT2D eigenvalue weighted by Crippen LogP contribution is -2.08. The van der Waals surface area contributed by atoms with Crippen molar-refractivity contribution in [2.45, 2.75) is 46.0 Å². The van der Waals surface area contributed by atoms with E-state index in [0.717, 1.165) is 24.3 Å². The van der Waals surface area contributed by atoms with Gasteiger partial charge < -0.3 is 19.3 Å². The van der Waals surface area contributed by atoms with Crippen molar-refractivity contribution in [1.82, 2.24) is 0 Å². The van der Waals surface area contributed by atoms with Crippen LogP contribution in [0.1, 0.15) is 61.9 Å². The Morgan fingerprint density at radius 2 is 1.63 bits per heavy atom. The van der Waals surface area contributed by atoms with Crippen molar-refractivity contribution < 1.29 is 24.1 Å². The molecule has 35 heavy (non-hydrogen) atoms. The first-order chi connectivity index (χ1) is 17.1. The Morgan fingerprint density at radius 3 is 2.37 bits per heavy atom. The molecule has 0 bridgehead atoms. The lowest BCUT2D eigenvalue weighted by molar-refractivity contribution is 0.0734. The summed E-state index contributed by atoms with van der Waals surface area (Å²) in [6.07, 6.45) is 7.45. The summed E-state index contributed by atoms with van der Waals surface area (Å²) in [5, 5.41) is 10.4. The molecule has 0 saturated heterocycles. The zero-order valence-electron chi connectivity index (χ0n) is 20.4. The molecule has 6 nitrogen and oxygen atoms in total. The maximum atomic E-state index is 12.5. The van der Waals surface area contributed by atoms with Crippen LogP contribution in [0.4, 0.5) is 5.69 Å². The Balaban J connectivity index is 1.53. The Bertz CT molecular complexity index is 1110. The molecule has 1 N–H and O–H groups in total. The Morgan fingerprint density at radius 1 is 0.857 bits per heavy atom. The van der Waals surface area contributed by atoms with Gasteiger partial charge in [-0.15, -0.1) is 0 Å². The lowest BCUT2D eigenvalue weighted by atomic mass is 10.2. The fraction of sp³-hybridized carbons (Fsp3) is 0.310. The summed E-state index contributed by atoms with van der Waals surface area (Å²) in [7, 11) is 0. The van der Waals surface area contributed by atoms with E-state index in [2.05, 4.69) is 11.9 Å². The van der Waals surface area contributed by atoms with Crippen LogP contribution in [0.3, 0.4) is 0 Å². The van der Waals surface area contributed by atoms with Gasteiger partial charge in [0, 0.05) is 23.9 Å². The fourth-order valence-corrected chi connectivity index (χ4v) is 3.41. The largest absolute Gasteiger partial charge is 0.507 e. The number of benzene rings is 3. The molecule has 6 heteroatoms. The van der Waals surface area contributed by atoms with E-state index in [1.54, 1.807) is 42.6 Å². The summed E-state index contributed by atoms with van der Waals surface area (Å²) in [5.41, 5.74) is 1.61. The second-order valence-corrected chi connectivity index (χ2v) is 8.09. The highest BCUT2D eigenvalue weighted by Gasteiger charge is 2.10. The number of phenolic OH excluding ortho intramolecular Hbond substituents is 1. The van der Waals surface area contributed by atoms with Crippen molar-refractivity contribution in [2.75, 3.05) is 13.2 Å². The van der Waals surface area contributed by atoms with E-state index >= 15 is 0 Å². The molecular formula is C29H33NO5. The highest BCUT2D eigenvalue weighted by molar-refractivity contribution is 5.91. The van der Waals surface area contributed by atoms with E-state index in [1.807, 2.05) is 31.2 Å². The second kappa shape index (κ2) is 13.8. The quantitative estimate of drug-likeness (QED) is 0.123. The number of rotatable bonds is 13. The van der Waals surface area contributed by atoms with E-state index in [-0.39, 0.29) is 11.5 Å². The zero-order valence-corrected chi connectivity index (χ0v) is 20.4. The Hall–Kier alpha value is -3.80. The van der Waals surface area contributed by atoms with Crippen molar-refractivity contribution in [3.63, 3.8) is 0 Å². The van der Waals surface area contributed by atoms with Crippen LogP contribution in [0.25, 0.3) is 0 Å². The molecule has 0 fully saturated rings. The third kappa shape index (κ3) is 8.49. The first-order valence-corrected chi connectivity index (χ1v) is 12.1. The predicted molar refractivity (Wildman–Crippen MR) is 139 cm³/mol. The van der Waals surface area contributed by atoms with Crippen LogP contribution in [0.15, 0.2) is 71.7 Å². The summed E-state index contributed by atoms with van der Waals surface area (Å²) < 4.78 is 16.6. The maximum Gasteiger partial charge on any atom is 0.343 e. The number of ether oxygens (including phenoxy) is 3. The smallest absolute Gasteiger partial charge is 0.343 e. The first kappa shape index (κ1) is 25.8. The number of phenols is 1. The highest BCUT2D eigenvalue weighted by atomic mass is 16.5. The average molecular weight is 476 g/mol. The molecule has 0 heterocycles. The second-order valence-electron chi connectivity index (χ2n) is 8.09. The number of hydrogen-bond donors (Lipinski definition) is 1. The third-order valence-corrected chi connectivity index (χ3v) is 5.30. The van der Waals surface area contributed by atoms with Gasteiger partial charge in [-0.1, -0.05) is 38.7 Å². The van der Waals surface area contributed by atoms with E-state index < -0.39 is 5.97 Å². The predicted octanol–water partition coefficient (Wildman–Crippen LogP) is 7.11. The van der Waals surface area contributed by atoms with Gasteiger partial charge >= 0.3 is 5.97 Å². The third-order valence-electron chi connectivity index (χ3n) is 5.30. The van der Waals surface area contributed by atoms with Crippen LogP contribution in [-0.4, -0.2) is 30.5 Å². The van der Waals surface area contributed by atoms with Gasteiger partial charge in [-0.05, 0) is 61.9 Å². The van der Waals surface area contributed by atoms with E-state index in [1.165, 1.54) is 25.3 Å². The number of carbonyl (C=O) groups is 1. The van der Waals surface area contributed by atoms with Gasteiger partial charge in [-0.25, -0.2) is 4.79 Å². The first-order valence-electron chi connectivity index (χ1n) is 12.1. The molecule has 0 aromatic heterocycles. The van der Waals surface area contributed by atoms with Crippen LogP contribution in [0.2, 0.25) is 0 Å². The van der Waals surface area contributed by atoms with Crippen molar-refractivity contribution in [3.8, 4) is 23.0 Å². The topological polar surface area (TPSA) is 77.4 Å². The SMILES string of the molecule is CCCCCCCOc1ccc(C(=O)Oc2ccc(C=Nc3cccc(OCC)c3)c(O)c2)cc1. The highest BCUT2D eigenvalue weighted by Crippen LogP contribution is 2.25. The molecule has 0 unspecified atom stereocenters. The van der Waals surface area contributed by atoms with Crippen molar-refractivity contribution >= 4 is 17.9 Å². The minimum Gasteiger partial charge on any atom is -0.507 e. The summed E-state index contributed by atoms with van der Waals surface area (Å²) in [4.78, 5) is 16.9. The summed E-state index contributed by atoms with van der Waals surface area (Å²) in [6.45, 7) is 5.36. The van der Waals surface area contributed by atoms with Gasteiger partial charge in [0.05, 0.1) is 24.5 Å². The van der Waals surface area contributed by atoms with Crippen LogP contribution < -0.4 is 14.2 Å². The summed E-state index contributed by atoms with van der Waals surface area (Å²) >= 11 is 0. The van der Waals surface area contributed by atoms with Gasteiger partial charge in [0.15, 0.2) is 0 Å². The van der Waals surface area contributed by atoms with Gasteiger partial charge in [0.2, 0.25) is 0 Å². The molecule has 0 aliphatic carbocycles. The van der Waals surface area contributed by atoms with Crippen molar-refractivity contribution in [1.29, 1.82) is 0 Å². The number of hydrogen-bond acceptors (Lipinski definition) is 6. The van der Waals surface area contributed by atoms with Gasteiger partial charge in [0.25, 0.3) is 0 Å². The summed E-state index contributed by atoms with van der Waals surface area (Å²) in [5.74, 6) is 1.16. The Labute approximate surface area is 207 Å². The number of aromatic hydroxyl groups is 1. The number of nitrogens with zero attached hydrogens (tertiary/aromatic N) is 1. The molecule has 0 aliphatic rings. The molecule has 0 radical (unpaired) electrons. The molecule has 3 aromatic carbocycles. The lowest BCUT2D eigenvalue weighted by Gasteiger charge is -2.08. The van der Waals surface area contributed by atoms with Gasteiger partial charge in [0.1, 0.15) is 23.0 Å². The normalized spacial score (nSPS) is 10.9. The van der Waals surface area contributed by atoms with Crippen LogP contribution >= 0.6 is 0 Å². The van der Waals surface area contributed by atoms with Crippen molar-refractivity contribution in [2.24, 2.45) is 4.99 Å². The minimum atomic E-state index is -0.510. The van der Waals surface area contributed by atoms with Crippen LogP contribution in [0.5, 0.6) is 23.0 Å². The van der Waals surface area contributed by atoms with Gasteiger partial charge in [-0.2, -0.15) is 0 Å². The van der Waals surface area contributed by atoms with E-state index in [4.69, 9.17) is 14.2 Å². The average Bonchev–Trinajstić information content (AvgIpc) is 2.86. The molecule has 0 spiro atoms. The van der Waals surface area contributed by atoms with E-state index in [9.17, 15) is 9.90 Å². The molecule has 184 valence electrons. The fourth-order valence-electron chi connectivity index (χ4n) is 3.41. The van der Waals surface area contributed by atoms with Crippen LogP contribution in [0, 0.1) is 0 Å². The van der Waals surface area contributed by atoms with E-state index in [0.29, 0.717) is 30.0 Å².